The maximum absolute atomic E-state index is 13.1. The molecule has 1 amide bonds. The number of aryl methyl sites for hydroxylation is 1. The molecular formula is C12H13FN4O. The van der Waals surface area contributed by atoms with Gasteiger partial charge in [0.05, 0.1) is 6.20 Å². The number of amides is 1. The summed E-state index contributed by atoms with van der Waals surface area (Å²) in [5.74, 6) is -0.185. The van der Waals surface area contributed by atoms with E-state index in [-0.39, 0.29) is 18.3 Å². The highest BCUT2D eigenvalue weighted by molar-refractivity contribution is 5.94. The minimum absolute atomic E-state index is 0.275. The maximum atomic E-state index is 13.1. The molecule has 0 saturated heterocycles. The van der Waals surface area contributed by atoms with Crippen molar-refractivity contribution < 1.29 is 9.18 Å². The zero-order valence-electron chi connectivity index (χ0n) is 9.83. The van der Waals surface area contributed by atoms with Crippen molar-refractivity contribution in [3.05, 3.63) is 46.9 Å². The van der Waals surface area contributed by atoms with Crippen LogP contribution in [0.3, 0.4) is 0 Å². The van der Waals surface area contributed by atoms with Crippen LogP contribution in [0.2, 0.25) is 0 Å². The van der Waals surface area contributed by atoms with E-state index in [0.717, 1.165) is 0 Å². The van der Waals surface area contributed by atoms with Gasteiger partial charge in [-0.1, -0.05) is 0 Å². The zero-order valence-corrected chi connectivity index (χ0v) is 9.83. The van der Waals surface area contributed by atoms with Gasteiger partial charge in [0.25, 0.3) is 5.91 Å². The van der Waals surface area contributed by atoms with Crippen molar-refractivity contribution in [3.63, 3.8) is 0 Å². The number of nitrogens with two attached hydrogens (primary N) is 1. The van der Waals surface area contributed by atoms with Gasteiger partial charge in [-0.25, -0.2) is 4.39 Å². The zero-order chi connectivity index (χ0) is 13.1. The number of nitrogens with one attached hydrogen (secondary N) is 2. The third-order valence-electron chi connectivity index (χ3n) is 2.61. The van der Waals surface area contributed by atoms with Crippen LogP contribution in [0.5, 0.6) is 0 Å². The number of nitrogens with zero attached hydrogens (tertiary/aromatic N) is 1. The van der Waals surface area contributed by atoms with Crippen LogP contribution >= 0.6 is 0 Å². The SMILES string of the molecule is Cc1cc(C(=O)NCc2cn[nH]c2N)ccc1F. The minimum Gasteiger partial charge on any atom is -0.384 e. The first kappa shape index (κ1) is 12.1. The van der Waals surface area contributed by atoms with Crippen LogP contribution in [0.25, 0.3) is 0 Å². The number of nitrogen functional groups attached to an aromatic ring is 1. The first-order chi connectivity index (χ1) is 8.58. The lowest BCUT2D eigenvalue weighted by atomic mass is 10.1. The summed E-state index contributed by atoms with van der Waals surface area (Å²) >= 11 is 0. The van der Waals surface area contributed by atoms with E-state index in [1.807, 2.05) is 0 Å². The van der Waals surface area contributed by atoms with Crippen molar-refractivity contribution in [1.29, 1.82) is 0 Å². The molecule has 0 radical (unpaired) electrons. The molecule has 5 nitrogen and oxygen atoms in total. The molecule has 0 atom stereocenters. The Bertz CT molecular complexity index is 579. The van der Waals surface area contributed by atoms with Crippen molar-refractivity contribution in [2.75, 3.05) is 5.73 Å². The molecule has 18 heavy (non-hydrogen) atoms. The highest BCUT2D eigenvalue weighted by Crippen LogP contribution is 2.10. The van der Waals surface area contributed by atoms with Crippen molar-refractivity contribution in [2.45, 2.75) is 13.5 Å². The molecule has 1 aromatic heterocycles. The number of hydrogen-bond donors (Lipinski definition) is 3. The topological polar surface area (TPSA) is 83.8 Å². The average molecular weight is 248 g/mol. The lowest BCUT2D eigenvalue weighted by Gasteiger charge is -2.05. The van der Waals surface area contributed by atoms with Crippen LogP contribution < -0.4 is 11.1 Å². The summed E-state index contributed by atoms with van der Waals surface area (Å²) in [5, 5.41) is 9.01. The van der Waals surface area contributed by atoms with Gasteiger partial charge < -0.3 is 11.1 Å². The van der Waals surface area contributed by atoms with E-state index in [0.29, 0.717) is 22.5 Å². The second-order valence-electron chi connectivity index (χ2n) is 3.96. The molecule has 0 bridgehead atoms. The Labute approximate surface area is 103 Å². The van der Waals surface area contributed by atoms with Gasteiger partial charge in [-0.3, -0.25) is 9.89 Å². The van der Waals surface area contributed by atoms with Gasteiger partial charge in [0.1, 0.15) is 11.6 Å². The molecule has 0 saturated carbocycles. The predicted octanol–water partition coefficient (Wildman–Crippen LogP) is 1.37. The molecule has 94 valence electrons. The molecule has 0 aliphatic heterocycles. The summed E-state index contributed by atoms with van der Waals surface area (Å²) in [4.78, 5) is 11.8. The van der Waals surface area contributed by atoms with E-state index in [1.54, 1.807) is 13.1 Å². The summed E-state index contributed by atoms with van der Waals surface area (Å²) in [7, 11) is 0. The van der Waals surface area contributed by atoms with Gasteiger partial charge in [0, 0.05) is 17.7 Å². The summed E-state index contributed by atoms with van der Waals surface area (Å²) in [6.07, 6.45) is 1.55. The Kier molecular flexibility index (Phi) is 3.27. The fourth-order valence-corrected chi connectivity index (χ4v) is 1.53. The van der Waals surface area contributed by atoms with Crippen LogP contribution in [-0.2, 0) is 6.54 Å². The van der Waals surface area contributed by atoms with Crippen LogP contribution in [0.4, 0.5) is 10.2 Å². The third-order valence-corrected chi connectivity index (χ3v) is 2.61. The number of halogens is 1. The van der Waals surface area contributed by atoms with Crippen molar-refractivity contribution in [2.24, 2.45) is 0 Å². The average Bonchev–Trinajstić information content (AvgIpc) is 2.75. The highest BCUT2D eigenvalue weighted by Gasteiger charge is 2.08. The molecule has 0 unspecified atom stereocenters. The van der Waals surface area contributed by atoms with E-state index in [9.17, 15) is 9.18 Å². The molecule has 0 fully saturated rings. The smallest absolute Gasteiger partial charge is 0.251 e. The number of aromatic amines is 1. The highest BCUT2D eigenvalue weighted by atomic mass is 19.1. The van der Waals surface area contributed by atoms with Crippen molar-refractivity contribution in [1.82, 2.24) is 15.5 Å². The fourth-order valence-electron chi connectivity index (χ4n) is 1.53. The van der Waals surface area contributed by atoms with Crippen molar-refractivity contribution in [3.8, 4) is 0 Å². The van der Waals surface area contributed by atoms with Gasteiger partial charge in [0.15, 0.2) is 0 Å². The van der Waals surface area contributed by atoms with Gasteiger partial charge in [-0.2, -0.15) is 5.10 Å². The van der Waals surface area contributed by atoms with E-state index in [1.165, 1.54) is 18.2 Å². The molecule has 6 heteroatoms. The largest absolute Gasteiger partial charge is 0.384 e. The Morgan fingerprint density at radius 2 is 2.33 bits per heavy atom. The van der Waals surface area contributed by atoms with E-state index >= 15 is 0 Å². The first-order valence-electron chi connectivity index (χ1n) is 5.40. The molecule has 0 spiro atoms. The molecule has 2 rings (SSSR count). The Morgan fingerprint density at radius 1 is 1.56 bits per heavy atom. The number of anilines is 1. The molecule has 2 aromatic rings. The number of aromatic nitrogens is 2. The van der Waals surface area contributed by atoms with Crippen molar-refractivity contribution >= 4 is 11.7 Å². The number of carbonyl (C=O) groups excluding carboxylic acids is 1. The molecule has 0 aliphatic carbocycles. The Morgan fingerprint density at radius 3 is 2.94 bits per heavy atom. The molecule has 1 heterocycles. The number of benzene rings is 1. The minimum atomic E-state index is -0.328. The molecular weight excluding hydrogens is 235 g/mol. The monoisotopic (exact) mass is 248 g/mol. The number of carbonyl (C=O) groups is 1. The Hall–Kier alpha value is -2.37. The second kappa shape index (κ2) is 4.87. The number of rotatable bonds is 3. The quantitative estimate of drug-likeness (QED) is 0.767. The van der Waals surface area contributed by atoms with E-state index in [4.69, 9.17) is 5.73 Å². The standard InChI is InChI=1S/C12H13FN4O/c1-7-4-8(2-3-10(7)13)12(18)15-5-9-6-16-17-11(9)14/h2-4,6H,5H2,1H3,(H,15,18)(H3,14,16,17). The number of H-pyrrole nitrogens is 1. The molecule has 1 aromatic carbocycles. The lowest BCUT2D eigenvalue weighted by Crippen LogP contribution is -2.23. The first-order valence-corrected chi connectivity index (χ1v) is 5.40. The van der Waals surface area contributed by atoms with Gasteiger partial charge >= 0.3 is 0 Å². The summed E-state index contributed by atoms with van der Waals surface area (Å²) < 4.78 is 13.1. The van der Waals surface area contributed by atoms with Gasteiger partial charge in [-0.15, -0.1) is 0 Å². The maximum Gasteiger partial charge on any atom is 0.251 e. The van der Waals surface area contributed by atoms with Gasteiger partial charge in [0.2, 0.25) is 0 Å². The van der Waals surface area contributed by atoms with E-state index in [2.05, 4.69) is 15.5 Å². The third kappa shape index (κ3) is 2.48. The van der Waals surface area contributed by atoms with Crippen LogP contribution in [-0.4, -0.2) is 16.1 Å². The molecule has 4 N–H and O–H groups in total. The second-order valence-corrected chi connectivity index (χ2v) is 3.96. The van der Waals surface area contributed by atoms with Gasteiger partial charge in [-0.05, 0) is 30.7 Å². The normalized spacial score (nSPS) is 10.3. The predicted molar refractivity (Wildman–Crippen MR) is 65.3 cm³/mol. The van der Waals surface area contributed by atoms with E-state index < -0.39 is 0 Å². The Balaban J connectivity index is 2.04. The van der Waals surface area contributed by atoms with Crippen LogP contribution in [0, 0.1) is 12.7 Å². The number of hydrogen-bond acceptors (Lipinski definition) is 3. The fraction of sp³-hybridized carbons (Fsp3) is 0.167. The molecule has 0 aliphatic rings. The summed E-state index contributed by atoms with van der Waals surface area (Å²) in [5.41, 5.74) is 7.15. The lowest BCUT2D eigenvalue weighted by molar-refractivity contribution is 0.0951. The summed E-state index contributed by atoms with van der Waals surface area (Å²) in [6, 6.07) is 4.22. The van der Waals surface area contributed by atoms with Crippen LogP contribution in [0.15, 0.2) is 24.4 Å². The van der Waals surface area contributed by atoms with Crippen LogP contribution in [0.1, 0.15) is 21.5 Å². The summed E-state index contributed by atoms with van der Waals surface area (Å²) in [6.45, 7) is 1.89.